The van der Waals surface area contributed by atoms with Gasteiger partial charge in [-0.1, -0.05) is 75.3 Å². The molecule has 0 aromatic heterocycles. The number of unbranched alkanes of at least 4 members (excludes halogenated alkanes) is 8. The van der Waals surface area contributed by atoms with Gasteiger partial charge in [-0.3, -0.25) is 0 Å². The molecule has 1 N–H and O–H groups in total. The molecule has 0 heterocycles. The van der Waals surface area contributed by atoms with Crippen LogP contribution in [0, 0.1) is 0 Å². The Labute approximate surface area is 130 Å². The number of hydrogen-bond donors (Lipinski definition) is 1. The molecule has 0 saturated carbocycles. The molecule has 0 bridgehead atoms. The zero-order valence-electron chi connectivity index (χ0n) is 13.4. The molecular formula is C19H32O2. The normalized spacial score (nSPS) is 10.9. The van der Waals surface area contributed by atoms with Gasteiger partial charge in [-0.25, -0.2) is 0 Å². The minimum absolute atomic E-state index is 0.143. The summed E-state index contributed by atoms with van der Waals surface area (Å²) < 4.78 is 5.24. The molecule has 0 radical (unpaired) electrons. The second-order valence-electron chi connectivity index (χ2n) is 5.75. The van der Waals surface area contributed by atoms with Gasteiger partial charge in [-0.15, -0.1) is 0 Å². The summed E-state index contributed by atoms with van der Waals surface area (Å²) in [6.07, 6.45) is 13.2. The first-order valence-corrected chi connectivity index (χ1v) is 8.66. The van der Waals surface area contributed by atoms with E-state index in [0.29, 0.717) is 6.61 Å². The smallest absolute Gasteiger partial charge is 0.0697 e. The van der Waals surface area contributed by atoms with E-state index in [9.17, 15) is 0 Å². The van der Waals surface area contributed by atoms with E-state index in [1.807, 2.05) is 0 Å². The topological polar surface area (TPSA) is 29.5 Å². The fraction of sp³-hybridized carbons (Fsp3) is 0.684. The summed E-state index contributed by atoms with van der Waals surface area (Å²) in [5.41, 5.74) is 1.47. The van der Waals surface area contributed by atoms with Crippen molar-refractivity contribution >= 4 is 0 Å². The number of aryl methyl sites for hydroxylation is 1. The predicted octanol–water partition coefficient (Wildman–Crippen LogP) is 4.75. The summed E-state index contributed by atoms with van der Waals surface area (Å²) >= 11 is 0. The summed E-state index contributed by atoms with van der Waals surface area (Å²) in [7, 11) is 0. The number of aliphatic hydroxyl groups excluding tert-OH is 1. The van der Waals surface area contributed by atoms with E-state index in [1.165, 1.54) is 63.4 Å². The van der Waals surface area contributed by atoms with Gasteiger partial charge in [0.05, 0.1) is 13.2 Å². The second kappa shape index (κ2) is 14.1. The minimum Gasteiger partial charge on any atom is -0.394 e. The van der Waals surface area contributed by atoms with Crippen LogP contribution in [0.4, 0.5) is 0 Å². The Kier molecular flexibility index (Phi) is 12.2. The Bertz CT molecular complexity index is 311. The van der Waals surface area contributed by atoms with Crippen LogP contribution in [0.15, 0.2) is 30.3 Å². The zero-order chi connectivity index (χ0) is 15.0. The Morgan fingerprint density at radius 2 is 1.24 bits per heavy atom. The molecule has 21 heavy (non-hydrogen) atoms. The van der Waals surface area contributed by atoms with Gasteiger partial charge in [-0.2, -0.15) is 0 Å². The van der Waals surface area contributed by atoms with Crippen LogP contribution in [0.2, 0.25) is 0 Å². The monoisotopic (exact) mass is 292 g/mol. The summed E-state index contributed by atoms with van der Waals surface area (Å²) in [5.74, 6) is 0. The van der Waals surface area contributed by atoms with Crippen LogP contribution >= 0.6 is 0 Å². The molecule has 2 nitrogen and oxygen atoms in total. The molecule has 0 fully saturated rings. The molecule has 0 amide bonds. The van der Waals surface area contributed by atoms with Gasteiger partial charge in [0.15, 0.2) is 0 Å². The summed E-state index contributed by atoms with van der Waals surface area (Å²) in [5, 5.41) is 8.57. The van der Waals surface area contributed by atoms with Crippen LogP contribution in [0.25, 0.3) is 0 Å². The van der Waals surface area contributed by atoms with E-state index >= 15 is 0 Å². The van der Waals surface area contributed by atoms with Crippen molar-refractivity contribution in [1.82, 2.24) is 0 Å². The highest BCUT2D eigenvalue weighted by atomic mass is 16.5. The number of ether oxygens (including phenoxy) is 1. The first kappa shape index (κ1) is 18.2. The van der Waals surface area contributed by atoms with Crippen LogP contribution in [-0.2, 0) is 11.2 Å². The SMILES string of the molecule is OCCOCCCCCCCCCCCc1ccccc1. The second-order valence-corrected chi connectivity index (χ2v) is 5.75. The van der Waals surface area contributed by atoms with Crippen molar-refractivity contribution in [1.29, 1.82) is 0 Å². The summed E-state index contributed by atoms with van der Waals surface area (Å²) in [6.45, 7) is 1.44. The van der Waals surface area contributed by atoms with Gasteiger partial charge in [0.2, 0.25) is 0 Å². The van der Waals surface area contributed by atoms with Crippen molar-refractivity contribution in [3.05, 3.63) is 35.9 Å². The first-order chi connectivity index (χ1) is 10.4. The zero-order valence-corrected chi connectivity index (χ0v) is 13.4. The lowest BCUT2D eigenvalue weighted by Gasteiger charge is -2.04. The van der Waals surface area contributed by atoms with Crippen molar-refractivity contribution in [3.8, 4) is 0 Å². The molecule has 1 rings (SSSR count). The summed E-state index contributed by atoms with van der Waals surface area (Å²) in [4.78, 5) is 0. The van der Waals surface area contributed by atoms with Crippen LogP contribution < -0.4 is 0 Å². The van der Waals surface area contributed by atoms with Crippen LogP contribution in [0.3, 0.4) is 0 Å². The maximum absolute atomic E-state index is 8.57. The van der Waals surface area contributed by atoms with Crippen LogP contribution in [-0.4, -0.2) is 24.9 Å². The maximum atomic E-state index is 8.57. The average Bonchev–Trinajstić information content (AvgIpc) is 2.53. The molecule has 1 aromatic rings. The number of rotatable bonds is 14. The summed E-state index contributed by atoms with van der Waals surface area (Å²) in [6, 6.07) is 10.8. The highest BCUT2D eigenvalue weighted by molar-refractivity contribution is 5.14. The lowest BCUT2D eigenvalue weighted by molar-refractivity contribution is 0.0895. The number of hydrogen-bond acceptors (Lipinski definition) is 2. The minimum atomic E-state index is 0.143. The lowest BCUT2D eigenvalue weighted by Crippen LogP contribution is -2.00. The molecule has 120 valence electrons. The van der Waals surface area contributed by atoms with Gasteiger partial charge in [0.1, 0.15) is 0 Å². The molecule has 0 saturated heterocycles. The van der Waals surface area contributed by atoms with Crippen molar-refractivity contribution in [2.75, 3.05) is 19.8 Å². The Hall–Kier alpha value is -0.860. The number of benzene rings is 1. The van der Waals surface area contributed by atoms with E-state index in [1.54, 1.807) is 0 Å². The molecule has 0 aliphatic heterocycles. The molecular weight excluding hydrogens is 260 g/mol. The lowest BCUT2D eigenvalue weighted by atomic mass is 10.0. The highest BCUT2D eigenvalue weighted by Crippen LogP contribution is 2.11. The fourth-order valence-electron chi connectivity index (χ4n) is 2.58. The Morgan fingerprint density at radius 3 is 1.86 bits per heavy atom. The molecule has 0 aliphatic rings. The third kappa shape index (κ3) is 11.5. The van der Waals surface area contributed by atoms with Gasteiger partial charge < -0.3 is 9.84 Å². The molecule has 0 unspecified atom stereocenters. The standard InChI is InChI=1S/C19H32O2/c20-16-18-21-17-12-7-5-3-1-2-4-6-9-13-19-14-10-8-11-15-19/h8,10-11,14-15,20H,1-7,9,12-13,16-18H2. The van der Waals surface area contributed by atoms with Gasteiger partial charge in [-0.05, 0) is 24.8 Å². The third-order valence-corrected chi connectivity index (χ3v) is 3.83. The van der Waals surface area contributed by atoms with Crippen molar-refractivity contribution in [2.24, 2.45) is 0 Å². The van der Waals surface area contributed by atoms with Crippen molar-refractivity contribution < 1.29 is 9.84 Å². The van der Waals surface area contributed by atoms with E-state index in [2.05, 4.69) is 30.3 Å². The van der Waals surface area contributed by atoms with Gasteiger partial charge in [0, 0.05) is 6.61 Å². The molecule has 0 atom stereocenters. The Balaban J connectivity index is 1.75. The number of aliphatic hydroxyl groups is 1. The van der Waals surface area contributed by atoms with Crippen molar-refractivity contribution in [2.45, 2.75) is 64.2 Å². The van der Waals surface area contributed by atoms with E-state index in [-0.39, 0.29) is 6.61 Å². The molecule has 0 spiro atoms. The molecule has 0 aliphatic carbocycles. The van der Waals surface area contributed by atoms with Crippen LogP contribution in [0.5, 0.6) is 0 Å². The average molecular weight is 292 g/mol. The quantitative estimate of drug-likeness (QED) is 0.501. The van der Waals surface area contributed by atoms with Crippen molar-refractivity contribution in [3.63, 3.8) is 0 Å². The molecule has 1 aromatic carbocycles. The predicted molar refractivity (Wildman–Crippen MR) is 89.6 cm³/mol. The fourth-order valence-corrected chi connectivity index (χ4v) is 2.58. The Morgan fingerprint density at radius 1 is 0.667 bits per heavy atom. The van der Waals surface area contributed by atoms with Crippen LogP contribution in [0.1, 0.15) is 63.4 Å². The largest absolute Gasteiger partial charge is 0.394 e. The van der Waals surface area contributed by atoms with E-state index in [0.717, 1.165) is 13.0 Å². The van der Waals surface area contributed by atoms with E-state index in [4.69, 9.17) is 9.84 Å². The van der Waals surface area contributed by atoms with Gasteiger partial charge in [0.25, 0.3) is 0 Å². The third-order valence-electron chi connectivity index (χ3n) is 3.83. The maximum Gasteiger partial charge on any atom is 0.0697 e. The first-order valence-electron chi connectivity index (χ1n) is 8.66. The highest BCUT2D eigenvalue weighted by Gasteiger charge is 1.95. The van der Waals surface area contributed by atoms with Gasteiger partial charge >= 0.3 is 0 Å². The molecule has 2 heteroatoms. The van der Waals surface area contributed by atoms with E-state index < -0.39 is 0 Å².